The maximum absolute atomic E-state index is 12.1. The molecule has 0 fully saturated rings. The summed E-state index contributed by atoms with van der Waals surface area (Å²) >= 11 is 9.00. The Kier molecular flexibility index (Phi) is 7.78. The second-order valence-corrected chi connectivity index (χ2v) is 8.62. The van der Waals surface area contributed by atoms with Crippen LogP contribution in [0.3, 0.4) is 0 Å². The molecule has 0 saturated carbocycles. The summed E-state index contributed by atoms with van der Waals surface area (Å²) in [6.45, 7) is -0.0999. The van der Waals surface area contributed by atoms with Gasteiger partial charge in [0.1, 0.15) is 0 Å². The highest BCUT2D eigenvalue weighted by atomic mass is 79.9. The Morgan fingerprint density at radius 2 is 1.52 bits per heavy atom. The SMILES string of the molecule is O=C(CCNS(=O)(=O)c1ccc(Br)cc1)NNC(=O)Cc1ccc(Cl)cc1. The molecule has 7 nitrogen and oxygen atoms in total. The number of carbonyl (C=O) groups excluding carboxylic acids is 2. The Morgan fingerprint density at radius 3 is 2.15 bits per heavy atom. The van der Waals surface area contributed by atoms with Gasteiger partial charge in [0.05, 0.1) is 11.3 Å². The largest absolute Gasteiger partial charge is 0.273 e. The van der Waals surface area contributed by atoms with Gasteiger partial charge in [0.2, 0.25) is 21.8 Å². The van der Waals surface area contributed by atoms with E-state index >= 15 is 0 Å². The van der Waals surface area contributed by atoms with Crippen LogP contribution in [0.1, 0.15) is 12.0 Å². The maximum atomic E-state index is 12.1. The van der Waals surface area contributed by atoms with Crippen LogP contribution in [0.15, 0.2) is 57.9 Å². The summed E-state index contributed by atoms with van der Waals surface area (Å²) in [7, 11) is -3.70. The monoisotopic (exact) mass is 473 g/mol. The Hall–Kier alpha value is -1.94. The van der Waals surface area contributed by atoms with Gasteiger partial charge in [0.15, 0.2) is 0 Å². The highest BCUT2D eigenvalue weighted by Crippen LogP contribution is 2.14. The molecule has 0 aliphatic carbocycles. The number of halogens is 2. The normalized spacial score (nSPS) is 11.0. The zero-order valence-corrected chi connectivity index (χ0v) is 17.2. The van der Waals surface area contributed by atoms with Crippen molar-refractivity contribution < 1.29 is 18.0 Å². The molecule has 0 aliphatic rings. The second-order valence-electron chi connectivity index (χ2n) is 5.50. The number of hydrazine groups is 1. The molecule has 10 heteroatoms. The molecule has 27 heavy (non-hydrogen) atoms. The van der Waals surface area contributed by atoms with E-state index in [1.54, 1.807) is 36.4 Å². The predicted octanol–water partition coefficient (Wildman–Crippen LogP) is 2.16. The predicted molar refractivity (Wildman–Crippen MR) is 105 cm³/mol. The minimum Gasteiger partial charge on any atom is -0.273 e. The lowest BCUT2D eigenvalue weighted by atomic mass is 10.1. The number of benzene rings is 2. The van der Waals surface area contributed by atoms with Crippen molar-refractivity contribution in [2.24, 2.45) is 0 Å². The van der Waals surface area contributed by atoms with Crippen LogP contribution in [0.4, 0.5) is 0 Å². The lowest BCUT2D eigenvalue weighted by Crippen LogP contribution is -2.43. The molecule has 0 radical (unpaired) electrons. The van der Waals surface area contributed by atoms with Gasteiger partial charge in [-0.15, -0.1) is 0 Å². The van der Waals surface area contributed by atoms with E-state index in [0.29, 0.717) is 5.02 Å². The summed E-state index contributed by atoms with van der Waals surface area (Å²) in [5, 5.41) is 0.568. The van der Waals surface area contributed by atoms with Crippen molar-refractivity contribution >= 4 is 49.4 Å². The molecule has 2 aromatic rings. The molecule has 0 aromatic heterocycles. The van der Waals surface area contributed by atoms with E-state index in [2.05, 4.69) is 31.5 Å². The first-order valence-corrected chi connectivity index (χ1v) is 10.5. The van der Waals surface area contributed by atoms with E-state index < -0.39 is 21.8 Å². The zero-order chi connectivity index (χ0) is 19.9. The number of sulfonamides is 1. The molecule has 2 aromatic carbocycles. The van der Waals surface area contributed by atoms with Gasteiger partial charge in [-0.25, -0.2) is 13.1 Å². The van der Waals surface area contributed by atoms with E-state index in [1.165, 1.54) is 12.1 Å². The van der Waals surface area contributed by atoms with Crippen LogP contribution >= 0.6 is 27.5 Å². The fourth-order valence-electron chi connectivity index (χ4n) is 2.03. The number of nitrogens with one attached hydrogen (secondary N) is 3. The van der Waals surface area contributed by atoms with Crippen molar-refractivity contribution in [3.05, 3.63) is 63.6 Å². The Labute approximate surface area is 170 Å². The van der Waals surface area contributed by atoms with Gasteiger partial charge in [-0.2, -0.15) is 0 Å². The quantitative estimate of drug-likeness (QED) is 0.535. The number of carbonyl (C=O) groups is 2. The molecule has 3 N–H and O–H groups in total. The third kappa shape index (κ3) is 7.30. The van der Waals surface area contributed by atoms with E-state index in [1.807, 2.05) is 0 Å². The van der Waals surface area contributed by atoms with Crippen molar-refractivity contribution in [2.75, 3.05) is 6.54 Å². The number of rotatable bonds is 7. The van der Waals surface area contributed by atoms with Gasteiger partial charge < -0.3 is 0 Å². The molecule has 144 valence electrons. The van der Waals surface area contributed by atoms with Crippen molar-refractivity contribution in [1.29, 1.82) is 0 Å². The van der Waals surface area contributed by atoms with Gasteiger partial charge in [-0.3, -0.25) is 20.4 Å². The topological polar surface area (TPSA) is 104 Å². The number of hydrogen-bond donors (Lipinski definition) is 3. The van der Waals surface area contributed by atoms with E-state index in [0.717, 1.165) is 10.0 Å². The van der Waals surface area contributed by atoms with Gasteiger partial charge >= 0.3 is 0 Å². The number of amides is 2. The summed E-state index contributed by atoms with van der Waals surface area (Å²) < 4.78 is 27.3. The van der Waals surface area contributed by atoms with Gasteiger partial charge in [0, 0.05) is 22.5 Å². The molecular weight excluding hydrogens is 458 g/mol. The van der Waals surface area contributed by atoms with Crippen LogP contribution < -0.4 is 15.6 Å². The summed E-state index contributed by atoms with van der Waals surface area (Å²) in [6.07, 6.45) is -0.0510. The van der Waals surface area contributed by atoms with Crippen LogP contribution in [0, 0.1) is 0 Å². The molecule has 2 rings (SSSR count). The van der Waals surface area contributed by atoms with Crippen molar-refractivity contribution in [3.63, 3.8) is 0 Å². The first kappa shape index (κ1) is 21.4. The molecule has 0 heterocycles. The Bertz CT molecular complexity index is 903. The molecule has 0 bridgehead atoms. The first-order valence-electron chi connectivity index (χ1n) is 7.83. The van der Waals surface area contributed by atoms with Crippen molar-refractivity contribution in [2.45, 2.75) is 17.7 Å². The molecule has 0 saturated heterocycles. The lowest BCUT2D eigenvalue weighted by Gasteiger charge is -2.09. The van der Waals surface area contributed by atoms with Gasteiger partial charge in [-0.05, 0) is 42.0 Å². The zero-order valence-electron chi connectivity index (χ0n) is 14.0. The van der Waals surface area contributed by atoms with Crippen LogP contribution in [0.5, 0.6) is 0 Å². The van der Waals surface area contributed by atoms with E-state index in [9.17, 15) is 18.0 Å². The van der Waals surface area contributed by atoms with Gasteiger partial charge in [0.25, 0.3) is 0 Å². The van der Waals surface area contributed by atoms with Crippen LogP contribution in [-0.4, -0.2) is 26.8 Å². The van der Waals surface area contributed by atoms with E-state index in [4.69, 9.17) is 11.6 Å². The summed E-state index contributed by atoms with van der Waals surface area (Å²) in [5.41, 5.74) is 5.26. The fourth-order valence-corrected chi connectivity index (χ4v) is 3.45. The Balaban J connectivity index is 1.72. The van der Waals surface area contributed by atoms with Crippen LogP contribution in [-0.2, 0) is 26.0 Å². The standard InChI is InChI=1S/C17H17BrClN3O4S/c18-13-3-7-15(8-4-13)27(25,26)20-10-9-16(23)21-22-17(24)11-12-1-5-14(19)6-2-12/h1-8,20H,9-11H2,(H,21,23)(H,22,24). The van der Waals surface area contributed by atoms with E-state index in [-0.39, 0.29) is 24.3 Å². The van der Waals surface area contributed by atoms with Crippen molar-refractivity contribution in [3.8, 4) is 0 Å². The fraction of sp³-hybridized carbons (Fsp3) is 0.176. The van der Waals surface area contributed by atoms with Gasteiger partial charge in [-0.1, -0.05) is 39.7 Å². The molecular formula is C17H17BrClN3O4S. The summed E-state index contributed by atoms with van der Waals surface area (Å²) in [5.74, 6) is -0.918. The first-order chi connectivity index (χ1) is 12.8. The Morgan fingerprint density at radius 1 is 0.926 bits per heavy atom. The highest BCUT2D eigenvalue weighted by Gasteiger charge is 2.14. The molecule has 0 atom stereocenters. The average Bonchev–Trinajstić information content (AvgIpc) is 2.62. The second kappa shape index (κ2) is 9.84. The summed E-state index contributed by atoms with van der Waals surface area (Å²) in [4.78, 5) is 23.6. The minimum absolute atomic E-state index is 0.0770. The third-order valence-electron chi connectivity index (χ3n) is 3.39. The summed E-state index contributed by atoms with van der Waals surface area (Å²) in [6, 6.07) is 12.9. The highest BCUT2D eigenvalue weighted by molar-refractivity contribution is 9.10. The third-order valence-corrected chi connectivity index (χ3v) is 5.64. The lowest BCUT2D eigenvalue weighted by molar-refractivity contribution is -0.128. The van der Waals surface area contributed by atoms with Crippen LogP contribution in [0.25, 0.3) is 0 Å². The smallest absolute Gasteiger partial charge is 0.242 e. The minimum atomic E-state index is -3.70. The van der Waals surface area contributed by atoms with Crippen molar-refractivity contribution in [1.82, 2.24) is 15.6 Å². The molecule has 2 amide bonds. The maximum Gasteiger partial charge on any atom is 0.242 e. The number of hydrogen-bond acceptors (Lipinski definition) is 4. The molecule has 0 spiro atoms. The average molecular weight is 475 g/mol. The van der Waals surface area contributed by atoms with Crippen LogP contribution in [0.2, 0.25) is 5.02 Å². The molecule has 0 unspecified atom stereocenters. The molecule has 0 aliphatic heterocycles.